The Hall–Kier alpha value is -2.81. The van der Waals surface area contributed by atoms with Gasteiger partial charge in [-0.2, -0.15) is 0 Å². The van der Waals surface area contributed by atoms with Gasteiger partial charge in [-0.1, -0.05) is 29.3 Å². The van der Waals surface area contributed by atoms with Gasteiger partial charge in [-0.15, -0.1) is 11.3 Å². The molecule has 0 unspecified atom stereocenters. The predicted octanol–water partition coefficient (Wildman–Crippen LogP) is 5.64. The molecule has 10 heteroatoms. The van der Waals surface area contributed by atoms with Crippen LogP contribution in [0.1, 0.15) is 43.1 Å². The molecule has 2 amide bonds. The monoisotopic (exact) mass is 466 g/mol. The van der Waals surface area contributed by atoms with E-state index >= 15 is 0 Å². The van der Waals surface area contributed by atoms with Crippen molar-refractivity contribution in [3.05, 3.63) is 68.4 Å². The Kier molecular flexibility index (Phi) is 6.81. The van der Waals surface area contributed by atoms with Crippen LogP contribution < -0.4 is 10.6 Å². The van der Waals surface area contributed by atoms with Crippen molar-refractivity contribution in [3.63, 3.8) is 0 Å². The number of benzene rings is 1. The van der Waals surface area contributed by atoms with Crippen LogP contribution in [0.2, 0.25) is 10.0 Å². The summed E-state index contributed by atoms with van der Waals surface area (Å²) in [7, 11) is 0. The molecule has 2 aromatic heterocycles. The molecule has 0 saturated heterocycles. The first-order valence-electron chi connectivity index (χ1n) is 8.74. The zero-order valence-corrected chi connectivity index (χ0v) is 18.2. The number of esters is 1. The minimum Gasteiger partial charge on any atom is -0.462 e. The molecule has 0 bridgehead atoms. The van der Waals surface area contributed by atoms with E-state index in [4.69, 9.17) is 32.4 Å². The predicted molar refractivity (Wildman–Crippen MR) is 116 cm³/mol. The fraction of sp³-hybridized carbons (Fsp3) is 0.150. The number of nitrogens with one attached hydrogen (secondary N) is 2. The van der Waals surface area contributed by atoms with Gasteiger partial charge in [0.2, 0.25) is 0 Å². The molecule has 156 valence electrons. The molecule has 0 radical (unpaired) electrons. The molecule has 1 aromatic carbocycles. The van der Waals surface area contributed by atoms with Crippen molar-refractivity contribution >= 4 is 63.0 Å². The first-order valence-corrected chi connectivity index (χ1v) is 10.3. The quantitative estimate of drug-likeness (QED) is 0.458. The van der Waals surface area contributed by atoms with E-state index in [0.29, 0.717) is 11.3 Å². The summed E-state index contributed by atoms with van der Waals surface area (Å²) in [6.07, 6.45) is 1.36. The molecule has 0 saturated carbocycles. The highest BCUT2D eigenvalue weighted by Gasteiger charge is 2.27. The number of ether oxygens (including phenoxy) is 1. The number of amides is 2. The molecule has 0 aliphatic carbocycles. The van der Waals surface area contributed by atoms with Crippen LogP contribution in [-0.2, 0) is 4.74 Å². The Morgan fingerprint density at radius 3 is 2.53 bits per heavy atom. The largest absolute Gasteiger partial charge is 0.462 e. The fourth-order valence-electron chi connectivity index (χ4n) is 2.62. The topological polar surface area (TPSA) is 97.6 Å². The van der Waals surface area contributed by atoms with Crippen molar-refractivity contribution in [2.75, 3.05) is 17.2 Å². The van der Waals surface area contributed by atoms with E-state index in [0.717, 1.165) is 11.3 Å². The van der Waals surface area contributed by atoms with Crippen molar-refractivity contribution < 1.29 is 23.5 Å². The lowest BCUT2D eigenvalue weighted by molar-refractivity contribution is 0.0527. The standard InChI is InChI=1S/C20H16Cl2N2O5S/c1-3-28-20(27)14-10(2)16(18(26)23-12-7-4-6-11(21)15(12)22)30-19(14)24-17(25)13-8-5-9-29-13/h4-9H,3H2,1-2H3,(H,23,26)(H,24,25). The average molecular weight is 467 g/mol. The number of rotatable bonds is 6. The summed E-state index contributed by atoms with van der Waals surface area (Å²) in [6, 6.07) is 7.88. The van der Waals surface area contributed by atoms with Gasteiger partial charge in [0, 0.05) is 0 Å². The Morgan fingerprint density at radius 2 is 1.87 bits per heavy atom. The van der Waals surface area contributed by atoms with Crippen LogP contribution in [0.25, 0.3) is 0 Å². The van der Waals surface area contributed by atoms with Crippen LogP contribution in [-0.4, -0.2) is 24.4 Å². The summed E-state index contributed by atoms with van der Waals surface area (Å²) in [6.45, 7) is 3.40. The van der Waals surface area contributed by atoms with E-state index in [1.807, 2.05) is 0 Å². The van der Waals surface area contributed by atoms with Gasteiger partial charge in [0.05, 0.1) is 39.0 Å². The number of thiophene rings is 1. The summed E-state index contributed by atoms with van der Waals surface area (Å²) >= 11 is 13.1. The van der Waals surface area contributed by atoms with Gasteiger partial charge < -0.3 is 19.8 Å². The van der Waals surface area contributed by atoms with Crippen LogP contribution in [0.3, 0.4) is 0 Å². The molecule has 3 rings (SSSR count). The summed E-state index contributed by atoms with van der Waals surface area (Å²) < 4.78 is 10.2. The third kappa shape index (κ3) is 4.51. The molecule has 2 N–H and O–H groups in total. The summed E-state index contributed by atoms with van der Waals surface area (Å²) in [5.41, 5.74) is 0.786. The Labute approximate surface area is 185 Å². The lowest BCUT2D eigenvalue weighted by atomic mass is 10.1. The lowest BCUT2D eigenvalue weighted by Crippen LogP contribution is -2.14. The maximum Gasteiger partial charge on any atom is 0.341 e. The highest BCUT2D eigenvalue weighted by atomic mass is 35.5. The smallest absolute Gasteiger partial charge is 0.341 e. The van der Waals surface area contributed by atoms with E-state index in [-0.39, 0.29) is 37.9 Å². The second-order valence-corrected chi connectivity index (χ2v) is 7.77. The van der Waals surface area contributed by atoms with Gasteiger partial charge in [0.1, 0.15) is 5.00 Å². The average Bonchev–Trinajstić information content (AvgIpc) is 3.34. The third-order valence-electron chi connectivity index (χ3n) is 4.00. The molecule has 0 aliphatic heterocycles. The number of anilines is 2. The summed E-state index contributed by atoms with van der Waals surface area (Å²) in [4.78, 5) is 38.0. The number of carbonyl (C=O) groups excluding carboxylic acids is 3. The van der Waals surface area contributed by atoms with E-state index < -0.39 is 17.8 Å². The molecule has 0 atom stereocenters. The van der Waals surface area contributed by atoms with Gasteiger partial charge in [0.15, 0.2) is 5.76 Å². The van der Waals surface area contributed by atoms with Crippen molar-refractivity contribution in [3.8, 4) is 0 Å². The van der Waals surface area contributed by atoms with Crippen LogP contribution in [0.4, 0.5) is 10.7 Å². The number of carbonyl (C=O) groups is 3. The summed E-state index contributed by atoms with van der Waals surface area (Å²) in [5, 5.41) is 5.94. The molecule has 0 spiro atoms. The van der Waals surface area contributed by atoms with Crippen LogP contribution in [0, 0.1) is 6.92 Å². The summed E-state index contributed by atoms with van der Waals surface area (Å²) in [5.74, 6) is -1.66. The first kappa shape index (κ1) is 21.9. The number of furan rings is 1. The van der Waals surface area contributed by atoms with Crippen LogP contribution >= 0.6 is 34.5 Å². The van der Waals surface area contributed by atoms with E-state index in [9.17, 15) is 14.4 Å². The SMILES string of the molecule is CCOC(=O)c1c(NC(=O)c2ccco2)sc(C(=O)Nc2cccc(Cl)c2Cl)c1C. The van der Waals surface area contributed by atoms with Crippen molar-refractivity contribution in [2.24, 2.45) is 0 Å². The van der Waals surface area contributed by atoms with Gasteiger partial charge >= 0.3 is 5.97 Å². The zero-order valence-electron chi connectivity index (χ0n) is 15.9. The van der Waals surface area contributed by atoms with E-state index in [1.54, 1.807) is 38.1 Å². The molecule has 0 fully saturated rings. The van der Waals surface area contributed by atoms with Gasteiger partial charge in [-0.05, 0) is 43.7 Å². The Morgan fingerprint density at radius 1 is 1.10 bits per heavy atom. The van der Waals surface area contributed by atoms with E-state index in [1.165, 1.54) is 12.3 Å². The van der Waals surface area contributed by atoms with Crippen LogP contribution in [0.5, 0.6) is 0 Å². The number of halogens is 2. The van der Waals surface area contributed by atoms with Gasteiger partial charge in [-0.3, -0.25) is 9.59 Å². The second kappa shape index (κ2) is 9.34. The highest BCUT2D eigenvalue weighted by Crippen LogP contribution is 2.36. The van der Waals surface area contributed by atoms with Gasteiger partial charge in [0.25, 0.3) is 11.8 Å². The molecule has 30 heavy (non-hydrogen) atoms. The molecule has 3 aromatic rings. The number of hydrogen-bond acceptors (Lipinski definition) is 6. The minimum atomic E-state index is -0.652. The van der Waals surface area contributed by atoms with Gasteiger partial charge in [-0.25, -0.2) is 4.79 Å². The Balaban J connectivity index is 1.96. The van der Waals surface area contributed by atoms with Crippen molar-refractivity contribution in [1.29, 1.82) is 0 Å². The molecule has 7 nitrogen and oxygen atoms in total. The first-order chi connectivity index (χ1) is 14.3. The molecular formula is C20H16Cl2N2O5S. The normalized spacial score (nSPS) is 10.5. The molecular weight excluding hydrogens is 451 g/mol. The van der Waals surface area contributed by atoms with Crippen molar-refractivity contribution in [2.45, 2.75) is 13.8 Å². The third-order valence-corrected chi connectivity index (χ3v) is 6.03. The maximum atomic E-state index is 12.9. The Bertz CT molecular complexity index is 1110. The maximum absolute atomic E-state index is 12.9. The van der Waals surface area contributed by atoms with E-state index in [2.05, 4.69) is 10.6 Å². The second-order valence-electron chi connectivity index (χ2n) is 5.97. The van der Waals surface area contributed by atoms with Crippen LogP contribution in [0.15, 0.2) is 41.0 Å². The lowest BCUT2D eigenvalue weighted by Gasteiger charge is -2.08. The highest BCUT2D eigenvalue weighted by molar-refractivity contribution is 7.19. The number of hydrogen-bond donors (Lipinski definition) is 2. The molecule has 2 heterocycles. The zero-order chi connectivity index (χ0) is 21.8. The minimum absolute atomic E-state index is 0.0626. The molecule has 0 aliphatic rings. The van der Waals surface area contributed by atoms with Crippen molar-refractivity contribution in [1.82, 2.24) is 0 Å². The fourth-order valence-corrected chi connectivity index (χ4v) is 4.05.